The van der Waals surface area contributed by atoms with E-state index in [4.69, 9.17) is 10.3 Å². The number of azide groups is 1. The van der Waals surface area contributed by atoms with Crippen LogP contribution in [-0.2, 0) is 4.74 Å². The molecule has 1 aliphatic heterocycles. The second-order valence-corrected chi connectivity index (χ2v) is 4.41. The molecule has 0 radical (unpaired) electrons. The molecule has 0 aliphatic carbocycles. The van der Waals surface area contributed by atoms with Crippen molar-refractivity contribution < 1.29 is 9.13 Å². The monoisotopic (exact) mass is 267 g/mol. The van der Waals surface area contributed by atoms with Crippen LogP contribution in [0.2, 0.25) is 0 Å². The van der Waals surface area contributed by atoms with Crippen LogP contribution in [0.4, 0.5) is 4.39 Å². The van der Waals surface area contributed by atoms with E-state index in [1.54, 1.807) is 0 Å². The van der Waals surface area contributed by atoms with Gasteiger partial charge in [-0.25, -0.2) is 9.18 Å². The predicted octanol–water partition coefficient (Wildman–Crippen LogP) is 2.07. The van der Waals surface area contributed by atoms with Crippen LogP contribution in [-0.4, -0.2) is 21.7 Å². The van der Waals surface area contributed by atoms with E-state index in [9.17, 15) is 9.18 Å². The minimum Gasteiger partial charge on any atom is -0.354 e. The molecule has 3 atom stereocenters. The van der Waals surface area contributed by atoms with Crippen LogP contribution in [0, 0.1) is 12.7 Å². The van der Waals surface area contributed by atoms with Gasteiger partial charge in [0.15, 0.2) is 5.82 Å². The zero-order valence-corrected chi connectivity index (χ0v) is 10.7. The van der Waals surface area contributed by atoms with Gasteiger partial charge < -0.3 is 4.74 Å². The fourth-order valence-electron chi connectivity index (χ4n) is 2.17. The highest BCUT2D eigenvalue weighted by Crippen LogP contribution is 2.31. The van der Waals surface area contributed by atoms with Gasteiger partial charge in [0, 0.05) is 17.5 Å². The lowest BCUT2D eigenvalue weighted by Gasteiger charge is -2.15. The third-order valence-corrected chi connectivity index (χ3v) is 3.20. The van der Waals surface area contributed by atoms with Crippen LogP contribution in [0.25, 0.3) is 10.4 Å². The largest absolute Gasteiger partial charge is 0.354 e. The van der Waals surface area contributed by atoms with Crippen molar-refractivity contribution in [3.63, 3.8) is 0 Å². The van der Waals surface area contributed by atoms with E-state index >= 15 is 0 Å². The van der Waals surface area contributed by atoms with Crippen molar-refractivity contribution in [3.8, 4) is 0 Å². The lowest BCUT2D eigenvalue weighted by Crippen LogP contribution is -2.28. The first-order valence-corrected chi connectivity index (χ1v) is 6.01. The highest BCUT2D eigenvalue weighted by atomic mass is 19.1. The molecule has 102 valence electrons. The fourth-order valence-corrected chi connectivity index (χ4v) is 2.17. The topological polar surface area (TPSA) is 92.9 Å². The van der Waals surface area contributed by atoms with Gasteiger partial charge in [-0.3, -0.25) is 4.57 Å². The number of nitrogens with zero attached hydrogens (tertiary/aromatic N) is 5. The van der Waals surface area contributed by atoms with Gasteiger partial charge >= 0.3 is 5.69 Å². The average Bonchev–Trinajstić information content (AvgIpc) is 2.77. The Balaban J connectivity index is 2.32. The minimum atomic E-state index is -0.643. The Morgan fingerprint density at radius 1 is 1.74 bits per heavy atom. The first-order valence-electron chi connectivity index (χ1n) is 6.01. The van der Waals surface area contributed by atoms with Crippen LogP contribution >= 0.6 is 0 Å². The van der Waals surface area contributed by atoms with Crippen LogP contribution in [0.3, 0.4) is 0 Å². The maximum absolute atomic E-state index is 13.5. The highest BCUT2D eigenvalue weighted by Gasteiger charge is 2.35. The molecule has 19 heavy (non-hydrogen) atoms. The Hall–Kier alpha value is -1.92. The third kappa shape index (κ3) is 2.59. The van der Waals surface area contributed by atoms with Crippen molar-refractivity contribution in [2.24, 2.45) is 5.11 Å². The van der Waals surface area contributed by atoms with Gasteiger partial charge in [-0.2, -0.15) is 4.98 Å². The fraction of sp³-hybridized carbons (Fsp3) is 0.636. The maximum Gasteiger partial charge on any atom is 0.350 e. The molecule has 0 N–H and O–H groups in total. The summed E-state index contributed by atoms with van der Waals surface area (Å²) in [5.41, 5.74) is 7.98. The second-order valence-electron chi connectivity index (χ2n) is 4.41. The zero-order chi connectivity index (χ0) is 14.0. The number of ether oxygens (including phenoxy) is 1. The summed E-state index contributed by atoms with van der Waals surface area (Å²) in [5.74, 6) is -0.566. The lowest BCUT2D eigenvalue weighted by molar-refractivity contribution is -0.00460. The van der Waals surface area contributed by atoms with Crippen molar-refractivity contribution in [2.75, 3.05) is 0 Å². The van der Waals surface area contributed by atoms with E-state index in [0.717, 1.165) is 10.8 Å². The normalized spacial score (nSPS) is 26.2. The lowest BCUT2D eigenvalue weighted by atomic mass is 10.1. The van der Waals surface area contributed by atoms with E-state index in [1.165, 1.54) is 6.92 Å². The molecular formula is C11H14FN5O2. The van der Waals surface area contributed by atoms with Crippen molar-refractivity contribution >= 4 is 0 Å². The molecule has 2 rings (SSSR count). The van der Waals surface area contributed by atoms with E-state index in [-0.39, 0.29) is 17.8 Å². The van der Waals surface area contributed by atoms with Crippen molar-refractivity contribution in [1.82, 2.24) is 9.55 Å². The number of rotatable bonds is 3. The van der Waals surface area contributed by atoms with E-state index in [0.29, 0.717) is 12.8 Å². The van der Waals surface area contributed by atoms with Crippen molar-refractivity contribution in [2.45, 2.75) is 45.1 Å². The summed E-state index contributed by atoms with van der Waals surface area (Å²) in [6.07, 6.45) is 1.16. The SMILES string of the molecule is CC[C@@H]1O[C@H](n2cc(F)c(C)nc2=O)C[C@H]1N=[N+]=[N-]. The molecule has 0 amide bonds. The van der Waals surface area contributed by atoms with Gasteiger partial charge in [0.2, 0.25) is 0 Å². The number of aromatic nitrogens is 2. The molecule has 1 aromatic rings. The summed E-state index contributed by atoms with van der Waals surface area (Å²) in [4.78, 5) is 18.1. The first-order chi connectivity index (χ1) is 9.06. The molecule has 0 spiro atoms. The Bertz CT molecular complexity index is 581. The van der Waals surface area contributed by atoms with Crippen LogP contribution in [0.1, 0.15) is 31.7 Å². The summed E-state index contributed by atoms with van der Waals surface area (Å²) in [5, 5.41) is 3.65. The molecule has 1 saturated heterocycles. The standard InChI is InChI=1S/C11H14FN5O2/c1-3-9-8(15-16-13)4-10(19-9)17-5-7(12)6(2)14-11(17)18/h5,8-10H,3-4H2,1-2H3/t8-,9+,10+/m1/s1. The van der Waals surface area contributed by atoms with Gasteiger partial charge in [0.25, 0.3) is 0 Å². The van der Waals surface area contributed by atoms with Crippen LogP contribution in [0.15, 0.2) is 16.1 Å². The molecule has 0 saturated carbocycles. The highest BCUT2D eigenvalue weighted by molar-refractivity contribution is 5.01. The number of hydrogen-bond acceptors (Lipinski definition) is 4. The second kappa shape index (κ2) is 5.38. The van der Waals surface area contributed by atoms with Gasteiger partial charge in [-0.05, 0) is 18.9 Å². The van der Waals surface area contributed by atoms with E-state index in [2.05, 4.69) is 15.0 Å². The third-order valence-electron chi connectivity index (χ3n) is 3.20. The summed E-state index contributed by atoms with van der Waals surface area (Å²) >= 11 is 0. The maximum atomic E-state index is 13.5. The Morgan fingerprint density at radius 3 is 3.11 bits per heavy atom. The molecule has 0 bridgehead atoms. The smallest absolute Gasteiger partial charge is 0.350 e. The van der Waals surface area contributed by atoms with E-state index in [1.807, 2.05) is 6.92 Å². The van der Waals surface area contributed by atoms with Crippen LogP contribution in [0.5, 0.6) is 0 Å². The number of aryl methyl sites for hydroxylation is 1. The Kier molecular flexibility index (Phi) is 3.82. The summed E-state index contributed by atoms with van der Waals surface area (Å²) in [6.45, 7) is 3.32. The van der Waals surface area contributed by atoms with Gasteiger partial charge in [0.1, 0.15) is 6.23 Å². The Labute approximate surface area is 108 Å². The number of halogens is 1. The zero-order valence-electron chi connectivity index (χ0n) is 10.7. The Morgan fingerprint density at radius 2 is 2.47 bits per heavy atom. The first kappa shape index (κ1) is 13.5. The summed E-state index contributed by atoms with van der Waals surface area (Å²) in [7, 11) is 0. The molecule has 8 heteroatoms. The summed E-state index contributed by atoms with van der Waals surface area (Å²) in [6, 6.07) is -0.351. The molecule has 7 nitrogen and oxygen atoms in total. The average molecular weight is 267 g/mol. The summed E-state index contributed by atoms with van der Waals surface area (Å²) < 4.78 is 20.2. The quantitative estimate of drug-likeness (QED) is 0.476. The molecule has 1 aliphatic rings. The van der Waals surface area contributed by atoms with Crippen molar-refractivity contribution in [1.29, 1.82) is 0 Å². The molecule has 2 heterocycles. The molecule has 0 unspecified atom stereocenters. The number of hydrogen-bond donors (Lipinski definition) is 0. The predicted molar refractivity (Wildman–Crippen MR) is 64.9 cm³/mol. The molecule has 1 aromatic heterocycles. The van der Waals surface area contributed by atoms with Gasteiger partial charge in [-0.1, -0.05) is 12.0 Å². The van der Waals surface area contributed by atoms with Gasteiger partial charge in [-0.15, -0.1) is 0 Å². The molecule has 0 aromatic carbocycles. The van der Waals surface area contributed by atoms with Gasteiger partial charge in [0.05, 0.1) is 17.8 Å². The van der Waals surface area contributed by atoms with Crippen LogP contribution < -0.4 is 5.69 Å². The van der Waals surface area contributed by atoms with E-state index < -0.39 is 17.7 Å². The van der Waals surface area contributed by atoms with Crippen molar-refractivity contribution in [3.05, 3.63) is 38.6 Å². The molecular weight excluding hydrogens is 253 g/mol. The molecule has 1 fully saturated rings. The minimum absolute atomic E-state index is 0.0536.